The predicted octanol–water partition coefficient (Wildman–Crippen LogP) is 2.41. The van der Waals surface area contributed by atoms with E-state index in [4.69, 9.17) is 11.6 Å². The predicted molar refractivity (Wildman–Crippen MR) is 54.1 cm³/mol. The van der Waals surface area contributed by atoms with Crippen molar-refractivity contribution < 1.29 is 4.39 Å². The van der Waals surface area contributed by atoms with E-state index in [9.17, 15) is 9.18 Å². The van der Waals surface area contributed by atoms with Gasteiger partial charge in [0.05, 0.1) is 11.4 Å². The van der Waals surface area contributed by atoms with E-state index in [1.54, 1.807) is 18.2 Å². The monoisotopic (exact) mass is 211 g/mol. The van der Waals surface area contributed by atoms with Crippen LogP contribution in [-0.2, 0) is 5.88 Å². The number of hydrogen-bond donors (Lipinski definition) is 1. The van der Waals surface area contributed by atoms with Crippen LogP contribution in [0.25, 0.3) is 10.9 Å². The molecule has 0 aliphatic rings. The van der Waals surface area contributed by atoms with E-state index in [1.165, 1.54) is 6.07 Å². The lowest BCUT2D eigenvalue weighted by Crippen LogP contribution is -2.11. The van der Waals surface area contributed by atoms with Gasteiger partial charge in [-0.1, -0.05) is 12.1 Å². The molecule has 0 bridgehead atoms. The largest absolute Gasteiger partial charge is 0.319 e. The van der Waals surface area contributed by atoms with Crippen LogP contribution in [0, 0.1) is 5.82 Å². The number of alkyl halides is 1. The lowest BCUT2D eigenvalue weighted by Gasteiger charge is -2.00. The van der Waals surface area contributed by atoms with Gasteiger partial charge in [0.1, 0.15) is 5.82 Å². The molecule has 14 heavy (non-hydrogen) atoms. The van der Waals surface area contributed by atoms with Crippen molar-refractivity contribution in [1.82, 2.24) is 4.98 Å². The fraction of sp³-hybridized carbons (Fsp3) is 0.100. The summed E-state index contributed by atoms with van der Waals surface area (Å²) >= 11 is 5.56. The molecule has 0 aliphatic carbocycles. The SMILES string of the molecule is O=c1[nH]c2c(F)cccc2cc1CCl. The van der Waals surface area contributed by atoms with Gasteiger partial charge in [0.2, 0.25) is 0 Å². The molecule has 72 valence electrons. The summed E-state index contributed by atoms with van der Waals surface area (Å²) in [6, 6.07) is 6.22. The third-order valence-electron chi connectivity index (χ3n) is 2.05. The number of aromatic amines is 1. The van der Waals surface area contributed by atoms with Crippen LogP contribution in [0.2, 0.25) is 0 Å². The number of nitrogens with one attached hydrogen (secondary N) is 1. The average Bonchev–Trinajstić information content (AvgIpc) is 2.19. The Bertz CT molecular complexity index is 535. The highest BCUT2D eigenvalue weighted by Crippen LogP contribution is 2.14. The minimum atomic E-state index is -0.430. The molecule has 1 N–H and O–H groups in total. The standard InChI is InChI=1S/C10H7ClFNO/c11-5-7-4-6-2-1-3-8(12)9(6)13-10(7)14/h1-4H,5H2,(H,13,14). The van der Waals surface area contributed by atoms with Crippen molar-refractivity contribution >= 4 is 22.5 Å². The second-order valence-corrected chi connectivity index (χ2v) is 3.23. The van der Waals surface area contributed by atoms with Crippen molar-refractivity contribution in [2.24, 2.45) is 0 Å². The summed E-state index contributed by atoms with van der Waals surface area (Å²) in [6.07, 6.45) is 0. The maximum Gasteiger partial charge on any atom is 0.252 e. The van der Waals surface area contributed by atoms with Gasteiger partial charge in [-0.2, -0.15) is 0 Å². The molecule has 0 fully saturated rings. The van der Waals surface area contributed by atoms with E-state index in [1.807, 2.05) is 0 Å². The molecule has 4 heteroatoms. The van der Waals surface area contributed by atoms with Gasteiger partial charge >= 0.3 is 0 Å². The number of halogens is 2. The Morgan fingerprint density at radius 3 is 2.93 bits per heavy atom. The van der Waals surface area contributed by atoms with Crippen LogP contribution in [-0.4, -0.2) is 4.98 Å². The average molecular weight is 212 g/mol. The Morgan fingerprint density at radius 2 is 2.21 bits per heavy atom. The van der Waals surface area contributed by atoms with Gasteiger partial charge < -0.3 is 4.98 Å². The van der Waals surface area contributed by atoms with Crippen LogP contribution < -0.4 is 5.56 Å². The highest BCUT2D eigenvalue weighted by atomic mass is 35.5. The molecule has 0 saturated carbocycles. The smallest absolute Gasteiger partial charge is 0.252 e. The summed E-state index contributed by atoms with van der Waals surface area (Å²) in [6.45, 7) is 0. The molecule has 2 aromatic rings. The van der Waals surface area contributed by atoms with Crippen molar-refractivity contribution in [2.75, 3.05) is 0 Å². The summed E-state index contributed by atoms with van der Waals surface area (Å²) in [5.74, 6) is -0.303. The fourth-order valence-corrected chi connectivity index (χ4v) is 1.54. The first-order valence-electron chi connectivity index (χ1n) is 4.09. The topological polar surface area (TPSA) is 32.9 Å². The molecule has 0 saturated heterocycles. The fourth-order valence-electron chi connectivity index (χ4n) is 1.34. The van der Waals surface area contributed by atoms with Crippen LogP contribution in [0.4, 0.5) is 4.39 Å². The van der Waals surface area contributed by atoms with Crippen molar-refractivity contribution in [2.45, 2.75) is 5.88 Å². The van der Waals surface area contributed by atoms with E-state index in [-0.39, 0.29) is 17.0 Å². The van der Waals surface area contributed by atoms with Crippen LogP contribution in [0.3, 0.4) is 0 Å². The van der Waals surface area contributed by atoms with E-state index in [0.717, 1.165) is 0 Å². The Morgan fingerprint density at radius 1 is 1.43 bits per heavy atom. The number of fused-ring (bicyclic) bond motifs is 1. The third kappa shape index (κ3) is 1.40. The Hall–Kier alpha value is -1.35. The summed E-state index contributed by atoms with van der Waals surface area (Å²) < 4.78 is 13.2. The molecule has 0 spiro atoms. The normalized spacial score (nSPS) is 10.7. The molecular formula is C10H7ClFNO. The first kappa shape index (κ1) is 9.21. The van der Waals surface area contributed by atoms with E-state index in [2.05, 4.69) is 4.98 Å². The zero-order valence-electron chi connectivity index (χ0n) is 7.18. The summed E-state index contributed by atoms with van der Waals surface area (Å²) in [5.41, 5.74) is 0.341. The van der Waals surface area contributed by atoms with Gasteiger partial charge in [0.25, 0.3) is 5.56 Å². The van der Waals surface area contributed by atoms with Gasteiger partial charge in [0, 0.05) is 10.9 Å². The summed E-state index contributed by atoms with van der Waals surface area (Å²) in [5, 5.41) is 0.653. The van der Waals surface area contributed by atoms with Crippen molar-refractivity contribution in [1.29, 1.82) is 0 Å². The van der Waals surface area contributed by atoms with Gasteiger partial charge in [-0.05, 0) is 12.1 Å². The van der Waals surface area contributed by atoms with Crippen LogP contribution in [0.1, 0.15) is 5.56 Å². The number of aromatic nitrogens is 1. The molecule has 0 radical (unpaired) electrons. The maximum absolute atomic E-state index is 13.2. The number of H-pyrrole nitrogens is 1. The number of rotatable bonds is 1. The van der Waals surface area contributed by atoms with E-state index >= 15 is 0 Å². The van der Waals surface area contributed by atoms with Gasteiger partial charge in [-0.3, -0.25) is 4.79 Å². The number of para-hydroxylation sites is 1. The Kier molecular flexibility index (Phi) is 2.25. The molecule has 1 aromatic heterocycles. The second-order valence-electron chi connectivity index (χ2n) is 2.96. The lowest BCUT2D eigenvalue weighted by atomic mass is 10.1. The summed E-state index contributed by atoms with van der Waals surface area (Å²) in [4.78, 5) is 13.8. The molecular weight excluding hydrogens is 205 g/mol. The highest BCUT2D eigenvalue weighted by molar-refractivity contribution is 6.17. The maximum atomic E-state index is 13.2. The minimum Gasteiger partial charge on any atom is -0.319 e. The van der Waals surface area contributed by atoms with Crippen LogP contribution >= 0.6 is 11.6 Å². The number of benzene rings is 1. The Balaban J connectivity index is 2.86. The van der Waals surface area contributed by atoms with E-state index < -0.39 is 5.82 Å². The quantitative estimate of drug-likeness (QED) is 0.722. The first-order chi connectivity index (χ1) is 6.72. The van der Waals surface area contributed by atoms with Crippen LogP contribution in [0.15, 0.2) is 29.1 Å². The van der Waals surface area contributed by atoms with Crippen molar-refractivity contribution in [3.05, 3.63) is 46.0 Å². The molecule has 0 amide bonds. The van der Waals surface area contributed by atoms with E-state index in [0.29, 0.717) is 10.9 Å². The van der Waals surface area contributed by atoms with Gasteiger partial charge in [0.15, 0.2) is 0 Å². The zero-order chi connectivity index (χ0) is 10.1. The molecule has 0 atom stereocenters. The molecule has 0 aliphatic heterocycles. The zero-order valence-corrected chi connectivity index (χ0v) is 7.94. The summed E-state index contributed by atoms with van der Waals surface area (Å²) in [7, 11) is 0. The molecule has 1 aromatic carbocycles. The van der Waals surface area contributed by atoms with Crippen molar-refractivity contribution in [3.8, 4) is 0 Å². The van der Waals surface area contributed by atoms with Gasteiger partial charge in [-0.25, -0.2) is 4.39 Å². The lowest BCUT2D eigenvalue weighted by molar-refractivity contribution is 0.636. The Labute approximate surface area is 84.3 Å². The minimum absolute atomic E-state index is 0.127. The van der Waals surface area contributed by atoms with Crippen LogP contribution in [0.5, 0.6) is 0 Å². The number of hydrogen-bond acceptors (Lipinski definition) is 1. The molecule has 0 unspecified atom stereocenters. The first-order valence-corrected chi connectivity index (χ1v) is 4.62. The van der Waals surface area contributed by atoms with Crippen molar-refractivity contribution in [3.63, 3.8) is 0 Å². The second kappa shape index (κ2) is 3.42. The van der Waals surface area contributed by atoms with Gasteiger partial charge in [-0.15, -0.1) is 11.6 Å². The molecule has 2 nitrogen and oxygen atoms in total. The highest BCUT2D eigenvalue weighted by Gasteiger charge is 2.04. The number of pyridine rings is 1. The molecule has 1 heterocycles. The molecule has 2 rings (SSSR count). The third-order valence-corrected chi connectivity index (χ3v) is 2.34.